The number of hydrogen-bond donors (Lipinski definition) is 3. The van der Waals surface area contributed by atoms with Crippen molar-refractivity contribution in [2.24, 2.45) is 16.5 Å². The van der Waals surface area contributed by atoms with Crippen LogP contribution in [-0.4, -0.2) is 41.2 Å². The highest BCUT2D eigenvalue weighted by Gasteiger charge is 2.31. The van der Waals surface area contributed by atoms with E-state index in [2.05, 4.69) is 12.2 Å². The van der Waals surface area contributed by atoms with Gasteiger partial charge < -0.3 is 31.0 Å². The molecule has 0 saturated heterocycles. The van der Waals surface area contributed by atoms with Gasteiger partial charge in [-0.15, -0.1) is 0 Å². The molecule has 0 unspecified atom stereocenters. The monoisotopic (exact) mass is 533 g/mol. The minimum atomic E-state index is -0.718. The van der Waals surface area contributed by atoms with Gasteiger partial charge in [0.1, 0.15) is 23.6 Å². The van der Waals surface area contributed by atoms with E-state index < -0.39 is 17.3 Å². The Morgan fingerprint density at radius 3 is 2.13 bits per heavy atom. The predicted octanol–water partition coefficient (Wildman–Crippen LogP) is 6.17. The van der Waals surface area contributed by atoms with E-state index >= 15 is 0 Å². The number of nitrogens with zero attached hydrogens (tertiary/aromatic N) is 2. The number of carbonyl (C=O) groups excluding carboxylic acids is 1. The van der Waals surface area contributed by atoms with Gasteiger partial charge in [-0.25, -0.2) is 9.69 Å². The van der Waals surface area contributed by atoms with Gasteiger partial charge in [0.05, 0.1) is 0 Å². The van der Waals surface area contributed by atoms with Crippen molar-refractivity contribution in [3.63, 3.8) is 0 Å². The predicted molar refractivity (Wildman–Crippen MR) is 157 cm³/mol. The van der Waals surface area contributed by atoms with Crippen molar-refractivity contribution in [2.75, 3.05) is 13.2 Å². The van der Waals surface area contributed by atoms with Crippen molar-refractivity contribution >= 4 is 11.9 Å². The first-order chi connectivity index (χ1) is 17.7. The maximum Gasteiger partial charge on any atom is 0.423 e. The van der Waals surface area contributed by atoms with Gasteiger partial charge in [0.25, 0.3) is 0 Å². The molecule has 0 aliphatic rings. The standard InChI is InChI=1S/C29H51N5O4/c1-11-15-20-32-26(23(13-3)36-21-22(31)18-16-19-30)33-24(17-12-2)34(27(35)38-29(8,9)10)25(14-4)37-28(5,6)7/h13-14,16-19H,11-12,15,20-21,30-31H2,1-10H3,(H,32,33)/b19-16-,22-18-,23-13+,24-17-,25-14+. The summed E-state index contributed by atoms with van der Waals surface area (Å²) in [7, 11) is 0. The Bertz CT molecular complexity index is 916. The highest BCUT2D eigenvalue weighted by Crippen LogP contribution is 2.24. The van der Waals surface area contributed by atoms with E-state index in [0.29, 0.717) is 42.0 Å². The lowest BCUT2D eigenvalue weighted by Crippen LogP contribution is -2.44. The van der Waals surface area contributed by atoms with Gasteiger partial charge >= 0.3 is 6.09 Å². The lowest BCUT2D eigenvalue weighted by molar-refractivity contribution is -0.0104. The molecule has 0 radical (unpaired) electrons. The molecule has 0 aliphatic carbocycles. The van der Waals surface area contributed by atoms with E-state index in [9.17, 15) is 4.79 Å². The molecule has 0 spiro atoms. The number of aliphatic imine (C=N–C) groups is 1. The van der Waals surface area contributed by atoms with Gasteiger partial charge in [0, 0.05) is 12.2 Å². The Hall–Kier alpha value is -3.36. The van der Waals surface area contributed by atoms with Gasteiger partial charge in [0.15, 0.2) is 11.6 Å². The van der Waals surface area contributed by atoms with Crippen LogP contribution in [0.3, 0.4) is 0 Å². The Balaban J connectivity index is 6.58. The second kappa shape index (κ2) is 17.2. The summed E-state index contributed by atoms with van der Waals surface area (Å²) < 4.78 is 17.9. The highest BCUT2D eigenvalue weighted by molar-refractivity contribution is 5.98. The fourth-order valence-electron chi connectivity index (χ4n) is 2.88. The molecule has 0 atom stereocenters. The van der Waals surface area contributed by atoms with Crippen LogP contribution in [0.2, 0.25) is 0 Å². The Morgan fingerprint density at radius 1 is 1.03 bits per heavy atom. The van der Waals surface area contributed by atoms with Gasteiger partial charge in [-0.05, 0) is 105 Å². The van der Waals surface area contributed by atoms with Crippen LogP contribution < -0.4 is 16.8 Å². The summed E-state index contributed by atoms with van der Waals surface area (Å²) in [5.74, 6) is 1.71. The Morgan fingerprint density at radius 2 is 1.66 bits per heavy atom. The first-order valence-corrected chi connectivity index (χ1v) is 13.2. The van der Waals surface area contributed by atoms with E-state index in [1.165, 1.54) is 11.1 Å². The molecule has 0 aliphatic heterocycles. The van der Waals surface area contributed by atoms with Crippen molar-refractivity contribution < 1.29 is 19.0 Å². The van der Waals surface area contributed by atoms with E-state index in [4.69, 9.17) is 30.7 Å². The van der Waals surface area contributed by atoms with Crippen LogP contribution in [0.25, 0.3) is 0 Å². The average Bonchev–Trinajstić information content (AvgIpc) is 2.80. The van der Waals surface area contributed by atoms with Crippen LogP contribution >= 0.6 is 0 Å². The summed E-state index contributed by atoms with van der Waals surface area (Å²) in [4.78, 5) is 19.7. The first-order valence-electron chi connectivity index (χ1n) is 13.2. The zero-order valence-electron chi connectivity index (χ0n) is 25.2. The molecule has 38 heavy (non-hydrogen) atoms. The number of nitrogens with two attached hydrogens (primary N) is 2. The summed E-state index contributed by atoms with van der Waals surface area (Å²) in [6, 6.07) is 0. The van der Waals surface area contributed by atoms with Gasteiger partial charge in [-0.1, -0.05) is 20.3 Å². The number of ether oxygens (including phenoxy) is 3. The lowest BCUT2D eigenvalue weighted by atomic mass is 10.2. The van der Waals surface area contributed by atoms with Crippen LogP contribution in [0.15, 0.2) is 64.7 Å². The highest BCUT2D eigenvalue weighted by atomic mass is 16.6. The van der Waals surface area contributed by atoms with Crippen LogP contribution in [0, 0.1) is 0 Å². The molecule has 0 heterocycles. The molecule has 9 heteroatoms. The van der Waals surface area contributed by atoms with E-state index in [1.807, 2.05) is 68.4 Å². The Labute approximate surface area is 230 Å². The first kappa shape index (κ1) is 34.6. The number of amidine groups is 1. The molecular formula is C29H51N5O4. The van der Waals surface area contributed by atoms with Gasteiger partial charge in [-0.2, -0.15) is 0 Å². The maximum absolute atomic E-state index is 13.5. The molecule has 0 fully saturated rings. The van der Waals surface area contributed by atoms with Crippen molar-refractivity contribution in [3.8, 4) is 0 Å². The summed E-state index contributed by atoms with van der Waals surface area (Å²) in [5, 5.41) is 3.33. The van der Waals surface area contributed by atoms with Gasteiger partial charge in [0.2, 0.25) is 5.88 Å². The minimum Gasteiger partial charge on any atom is -0.484 e. The zero-order valence-corrected chi connectivity index (χ0v) is 25.2. The van der Waals surface area contributed by atoms with Crippen LogP contribution in [0.4, 0.5) is 4.79 Å². The topological polar surface area (TPSA) is 124 Å². The number of carbonyl (C=O) groups is 1. The fourth-order valence-corrected chi connectivity index (χ4v) is 2.88. The third-order valence-corrected chi connectivity index (χ3v) is 4.43. The number of rotatable bonds is 13. The van der Waals surface area contributed by atoms with Crippen LogP contribution in [0.1, 0.15) is 88.5 Å². The molecular weight excluding hydrogens is 482 g/mol. The molecule has 0 saturated carbocycles. The normalized spacial score (nSPS) is 14.5. The SMILES string of the molecule is C/C=C(/OC/C(N)=C/C=C\N)C(=NCCCC)N/C(=C/CC)N(C(=O)OC(C)(C)C)/C(=C\C)OC(C)(C)C. The average molecular weight is 534 g/mol. The molecule has 0 bridgehead atoms. The smallest absolute Gasteiger partial charge is 0.423 e. The summed E-state index contributed by atoms with van der Waals surface area (Å²) in [6.07, 6.45) is 12.0. The second-order valence-corrected chi connectivity index (χ2v) is 10.4. The van der Waals surface area contributed by atoms with Crippen molar-refractivity contribution in [1.82, 2.24) is 10.2 Å². The third kappa shape index (κ3) is 14.4. The second-order valence-electron chi connectivity index (χ2n) is 10.4. The van der Waals surface area contributed by atoms with Crippen molar-refractivity contribution in [3.05, 3.63) is 59.7 Å². The minimum absolute atomic E-state index is 0.133. The molecule has 9 nitrogen and oxygen atoms in total. The molecule has 0 aromatic heterocycles. The quantitative estimate of drug-likeness (QED) is 0.0849. The Kier molecular flexibility index (Phi) is 15.7. The van der Waals surface area contributed by atoms with Gasteiger partial charge in [-0.3, -0.25) is 4.99 Å². The third-order valence-electron chi connectivity index (χ3n) is 4.43. The fraction of sp³-hybridized carbons (Fsp3) is 0.586. The van der Waals surface area contributed by atoms with Crippen molar-refractivity contribution in [2.45, 2.75) is 99.7 Å². The molecule has 0 rings (SSSR count). The largest absolute Gasteiger partial charge is 0.484 e. The summed E-state index contributed by atoms with van der Waals surface area (Å²) in [6.45, 7) is 19.7. The van der Waals surface area contributed by atoms with Crippen LogP contribution in [0.5, 0.6) is 0 Å². The zero-order chi connectivity index (χ0) is 29.4. The number of amides is 1. The number of allylic oxidation sites excluding steroid dienone is 5. The van der Waals surface area contributed by atoms with E-state index in [0.717, 1.165) is 12.8 Å². The molecule has 1 amide bonds. The summed E-state index contributed by atoms with van der Waals surface area (Å²) >= 11 is 0. The summed E-state index contributed by atoms with van der Waals surface area (Å²) in [5.41, 5.74) is 10.6. The number of hydrogen-bond acceptors (Lipinski definition) is 7. The number of nitrogens with one attached hydrogen (secondary N) is 1. The van der Waals surface area contributed by atoms with Crippen LogP contribution in [-0.2, 0) is 14.2 Å². The van der Waals surface area contributed by atoms with E-state index in [-0.39, 0.29) is 6.61 Å². The van der Waals surface area contributed by atoms with Crippen molar-refractivity contribution in [1.29, 1.82) is 0 Å². The van der Waals surface area contributed by atoms with E-state index in [1.54, 1.807) is 24.3 Å². The maximum atomic E-state index is 13.5. The molecule has 0 aromatic carbocycles. The molecule has 216 valence electrons. The lowest BCUT2D eigenvalue weighted by Gasteiger charge is -2.34. The molecule has 5 N–H and O–H groups in total. The molecule has 0 aromatic rings. The number of unbranched alkanes of at least 4 members (excludes halogenated alkanes) is 1.